The zero-order valence-electron chi connectivity index (χ0n) is 14.4. The second-order valence-electron chi connectivity index (χ2n) is 6.22. The fourth-order valence-corrected chi connectivity index (χ4v) is 3.57. The van der Waals surface area contributed by atoms with Crippen molar-refractivity contribution < 1.29 is 4.79 Å². The summed E-state index contributed by atoms with van der Waals surface area (Å²) in [6, 6.07) is 3.70. The molecule has 3 rings (SSSR count). The summed E-state index contributed by atoms with van der Waals surface area (Å²) < 4.78 is 0. The predicted octanol–water partition coefficient (Wildman–Crippen LogP) is 1.87. The quantitative estimate of drug-likeness (QED) is 0.847. The van der Waals surface area contributed by atoms with Gasteiger partial charge < -0.3 is 14.7 Å². The fraction of sp³-hybridized carbons (Fsp3) is 0.471. The number of likely N-dealkylation sites (N-methyl/N-ethyl adjacent to an activating group) is 1. The number of hydrogen-bond donors (Lipinski definition) is 0. The molecule has 2 aromatic rings. The first-order chi connectivity index (χ1) is 11.5. The number of hydrogen-bond acceptors (Lipinski definition) is 6. The number of nitrogens with zero attached hydrogens (tertiary/aromatic N) is 5. The first kappa shape index (κ1) is 16.9. The largest absolute Gasteiger partial charge is 0.354 e. The molecule has 0 unspecified atom stereocenters. The molecule has 0 spiro atoms. The van der Waals surface area contributed by atoms with E-state index < -0.39 is 0 Å². The van der Waals surface area contributed by atoms with Crippen LogP contribution in [-0.4, -0.2) is 65.9 Å². The molecule has 128 valence electrons. The number of anilines is 1. The Balaban J connectivity index is 1.71. The van der Waals surface area contributed by atoms with Crippen LogP contribution in [0.2, 0.25) is 0 Å². The van der Waals surface area contributed by atoms with Crippen LogP contribution in [0.25, 0.3) is 0 Å². The van der Waals surface area contributed by atoms with Gasteiger partial charge in [-0.15, -0.1) is 11.3 Å². The minimum atomic E-state index is 0.0144. The number of thiazole rings is 1. The molecule has 0 aromatic carbocycles. The average Bonchev–Trinajstić information content (AvgIpc) is 3.00. The third kappa shape index (κ3) is 3.73. The van der Waals surface area contributed by atoms with E-state index in [4.69, 9.17) is 0 Å². The number of rotatable bonds is 4. The van der Waals surface area contributed by atoms with Gasteiger partial charge in [0.1, 0.15) is 5.82 Å². The zero-order valence-corrected chi connectivity index (χ0v) is 15.2. The molecule has 0 N–H and O–H groups in total. The molecule has 1 saturated heterocycles. The minimum Gasteiger partial charge on any atom is -0.354 e. The average molecular weight is 345 g/mol. The Hall–Kier alpha value is -1.99. The van der Waals surface area contributed by atoms with E-state index in [2.05, 4.69) is 26.8 Å². The Bertz CT molecular complexity index is 709. The van der Waals surface area contributed by atoms with Crippen LogP contribution >= 0.6 is 11.3 Å². The molecule has 0 radical (unpaired) electrons. The SMILES string of the molecule is Cc1ncsc1CN(C)C(=O)c1ccnc(N2CCN(C)CC2)c1. The first-order valence-electron chi connectivity index (χ1n) is 8.08. The van der Waals surface area contributed by atoms with Crippen molar-refractivity contribution in [3.8, 4) is 0 Å². The number of aromatic nitrogens is 2. The molecule has 1 aliphatic rings. The molecule has 24 heavy (non-hydrogen) atoms. The number of aryl methyl sites for hydroxylation is 1. The summed E-state index contributed by atoms with van der Waals surface area (Å²) in [4.78, 5) is 28.8. The highest BCUT2D eigenvalue weighted by Crippen LogP contribution is 2.18. The summed E-state index contributed by atoms with van der Waals surface area (Å²) in [7, 11) is 3.96. The maximum atomic E-state index is 12.7. The lowest BCUT2D eigenvalue weighted by molar-refractivity contribution is 0.0786. The van der Waals surface area contributed by atoms with Gasteiger partial charge in [-0.25, -0.2) is 9.97 Å². The highest BCUT2D eigenvalue weighted by molar-refractivity contribution is 7.09. The van der Waals surface area contributed by atoms with E-state index in [0.29, 0.717) is 12.1 Å². The fourth-order valence-electron chi connectivity index (χ4n) is 2.75. The molecule has 1 amide bonds. The molecule has 0 saturated carbocycles. The third-order valence-electron chi connectivity index (χ3n) is 4.39. The van der Waals surface area contributed by atoms with Crippen LogP contribution in [0.4, 0.5) is 5.82 Å². The Kier molecular flexibility index (Phi) is 5.11. The van der Waals surface area contributed by atoms with Gasteiger partial charge in [-0.1, -0.05) is 0 Å². The van der Waals surface area contributed by atoms with Crippen molar-refractivity contribution in [2.45, 2.75) is 13.5 Å². The Labute approximate surface area is 146 Å². The maximum absolute atomic E-state index is 12.7. The van der Waals surface area contributed by atoms with Gasteiger partial charge in [0, 0.05) is 49.9 Å². The Morgan fingerprint density at radius 3 is 2.71 bits per heavy atom. The molecule has 3 heterocycles. The van der Waals surface area contributed by atoms with Crippen molar-refractivity contribution in [1.29, 1.82) is 0 Å². The highest BCUT2D eigenvalue weighted by Gasteiger charge is 2.18. The Morgan fingerprint density at radius 1 is 1.29 bits per heavy atom. The van der Waals surface area contributed by atoms with E-state index in [9.17, 15) is 4.79 Å². The van der Waals surface area contributed by atoms with Crippen molar-refractivity contribution >= 4 is 23.1 Å². The molecule has 0 aliphatic carbocycles. The van der Waals surface area contributed by atoms with Gasteiger partial charge in [0.15, 0.2) is 0 Å². The van der Waals surface area contributed by atoms with Gasteiger partial charge in [0.2, 0.25) is 0 Å². The van der Waals surface area contributed by atoms with Gasteiger partial charge >= 0.3 is 0 Å². The summed E-state index contributed by atoms with van der Waals surface area (Å²) in [5.41, 5.74) is 3.50. The molecule has 1 aliphatic heterocycles. The second-order valence-corrected chi connectivity index (χ2v) is 7.15. The predicted molar refractivity (Wildman–Crippen MR) is 96.6 cm³/mol. The van der Waals surface area contributed by atoms with Crippen LogP contribution in [-0.2, 0) is 6.54 Å². The third-order valence-corrected chi connectivity index (χ3v) is 5.31. The van der Waals surface area contributed by atoms with E-state index in [1.807, 2.05) is 25.5 Å². The summed E-state index contributed by atoms with van der Waals surface area (Å²) in [5.74, 6) is 0.900. The van der Waals surface area contributed by atoms with Gasteiger partial charge in [-0.05, 0) is 26.1 Å². The van der Waals surface area contributed by atoms with Gasteiger partial charge in [-0.3, -0.25) is 4.79 Å². The second kappa shape index (κ2) is 7.27. The number of carbonyl (C=O) groups excluding carboxylic acids is 1. The summed E-state index contributed by atoms with van der Waals surface area (Å²) >= 11 is 1.59. The van der Waals surface area contributed by atoms with Gasteiger partial charge in [-0.2, -0.15) is 0 Å². The minimum absolute atomic E-state index is 0.0144. The lowest BCUT2D eigenvalue weighted by atomic mass is 10.2. The highest BCUT2D eigenvalue weighted by atomic mass is 32.1. The Morgan fingerprint density at radius 2 is 2.04 bits per heavy atom. The van der Waals surface area contributed by atoms with Crippen LogP contribution in [0.15, 0.2) is 23.8 Å². The molecule has 7 heteroatoms. The first-order valence-corrected chi connectivity index (χ1v) is 8.96. The normalized spacial score (nSPS) is 15.5. The van der Waals surface area contributed by atoms with Crippen molar-refractivity contribution in [2.75, 3.05) is 45.2 Å². The van der Waals surface area contributed by atoms with Crippen LogP contribution in [0.5, 0.6) is 0 Å². The number of carbonyl (C=O) groups is 1. The van der Waals surface area contributed by atoms with Crippen molar-refractivity contribution in [3.63, 3.8) is 0 Å². The van der Waals surface area contributed by atoms with Crippen LogP contribution in [0, 0.1) is 6.92 Å². The lowest BCUT2D eigenvalue weighted by Crippen LogP contribution is -2.44. The molecular formula is C17H23N5OS. The summed E-state index contributed by atoms with van der Waals surface area (Å²) in [5, 5.41) is 0. The smallest absolute Gasteiger partial charge is 0.254 e. The molecule has 6 nitrogen and oxygen atoms in total. The number of amides is 1. The lowest BCUT2D eigenvalue weighted by Gasteiger charge is -2.33. The molecular weight excluding hydrogens is 322 g/mol. The maximum Gasteiger partial charge on any atom is 0.254 e. The molecule has 0 atom stereocenters. The van der Waals surface area contributed by atoms with Crippen molar-refractivity contribution in [2.24, 2.45) is 0 Å². The van der Waals surface area contributed by atoms with Crippen LogP contribution in [0.1, 0.15) is 20.9 Å². The van der Waals surface area contributed by atoms with Crippen molar-refractivity contribution in [1.82, 2.24) is 19.8 Å². The molecule has 0 bridgehead atoms. The zero-order chi connectivity index (χ0) is 17.1. The van der Waals surface area contributed by atoms with E-state index in [1.165, 1.54) is 0 Å². The standard InChI is InChI=1S/C17H23N5OS/c1-13-15(24-12-19-13)11-21(3)17(23)14-4-5-18-16(10-14)22-8-6-20(2)7-9-22/h4-5,10,12H,6-9,11H2,1-3H3. The number of piperazine rings is 1. The monoisotopic (exact) mass is 345 g/mol. The number of pyridine rings is 1. The summed E-state index contributed by atoms with van der Waals surface area (Å²) in [6.45, 7) is 6.48. The van der Waals surface area contributed by atoms with Crippen LogP contribution in [0.3, 0.4) is 0 Å². The topological polar surface area (TPSA) is 52.6 Å². The molecule has 2 aromatic heterocycles. The van der Waals surface area contributed by atoms with Crippen molar-refractivity contribution in [3.05, 3.63) is 40.0 Å². The van der Waals surface area contributed by atoms with Gasteiger partial charge in [0.25, 0.3) is 5.91 Å². The summed E-state index contributed by atoms with van der Waals surface area (Å²) in [6.07, 6.45) is 1.73. The van der Waals surface area contributed by atoms with E-state index in [-0.39, 0.29) is 5.91 Å². The van der Waals surface area contributed by atoms with Gasteiger partial charge in [0.05, 0.1) is 17.7 Å². The van der Waals surface area contributed by atoms with E-state index >= 15 is 0 Å². The van der Waals surface area contributed by atoms with E-state index in [1.54, 1.807) is 28.5 Å². The van der Waals surface area contributed by atoms with Crippen LogP contribution < -0.4 is 4.90 Å². The van der Waals surface area contributed by atoms with E-state index in [0.717, 1.165) is 42.6 Å². The molecule has 1 fully saturated rings.